The number of hydrogen-bond acceptors (Lipinski definition) is 4. The second-order valence-corrected chi connectivity index (χ2v) is 6.09. The van der Waals surface area contributed by atoms with Crippen LogP contribution in [0.15, 0.2) is 18.3 Å². The summed E-state index contributed by atoms with van der Waals surface area (Å²) >= 11 is 0. The van der Waals surface area contributed by atoms with Crippen LogP contribution < -0.4 is 10.6 Å². The molecule has 1 unspecified atom stereocenters. The zero-order chi connectivity index (χ0) is 14.5. The molecular weight excluding hydrogens is 248 g/mol. The van der Waals surface area contributed by atoms with E-state index in [1.165, 1.54) is 24.8 Å². The number of nitrogens with two attached hydrogens (primary N) is 1. The molecule has 1 aliphatic rings. The standard InChI is InChI=1S/C16H28N4/c1-13(2)19(3)16-8-7-14(11-18-16)12-20-9-5-4-6-15(20)10-17/h7-8,11,13,15H,4-6,9-10,12,17H2,1-3H3. The Kier molecular flexibility index (Phi) is 5.38. The van der Waals surface area contributed by atoms with Gasteiger partial charge in [-0.15, -0.1) is 0 Å². The van der Waals surface area contributed by atoms with E-state index in [0.29, 0.717) is 12.1 Å². The van der Waals surface area contributed by atoms with E-state index in [9.17, 15) is 0 Å². The molecule has 20 heavy (non-hydrogen) atoms. The van der Waals surface area contributed by atoms with Gasteiger partial charge in [-0.1, -0.05) is 12.5 Å². The minimum absolute atomic E-state index is 0.470. The third-order valence-electron chi connectivity index (χ3n) is 4.35. The maximum atomic E-state index is 5.88. The first-order valence-corrected chi connectivity index (χ1v) is 7.73. The van der Waals surface area contributed by atoms with E-state index >= 15 is 0 Å². The van der Waals surface area contributed by atoms with Gasteiger partial charge in [-0.05, 0) is 44.9 Å². The molecule has 1 saturated heterocycles. The van der Waals surface area contributed by atoms with Crippen molar-refractivity contribution in [2.24, 2.45) is 5.73 Å². The van der Waals surface area contributed by atoms with E-state index in [2.05, 4.69) is 47.8 Å². The average molecular weight is 276 g/mol. The van der Waals surface area contributed by atoms with E-state index in [1.54, 1.807) is 0 Å². The van der Waals surface area contributed by atoms with Gasteiger partial charge in [0.2, 0.25) is 0 Å². The second-order valence-electron chi connectivity index (χ2n) is 6.09. The van der Waals surface area contributed by atoms with Crippen LogP contribution in [0.1, 0.15) is 38.7 Å². The smallest absolute Gasteiger partial charge is 0.128 e. The number of hydrogen-bond donors (Lipinski definition) is 1. The van der Waals surface area contributed by atoms with E-state index in [1.807, 2.05) is 6.20 Å². The highest BCUT2D eigenvalue weighted by Crippen LogP contribution is 2.19. The number of rotatable bonds is 5. The van der Waals surface area contributed by atoms with Gasteiger partial charge >= 0.3 is 0 Å². The highest BCUT2D eigenvalue weighted by atomic mass is 15.2. The van der Waals surface area contributed by atoms with Crippen LogP contribution in [0.25, 0.3) is 0 Å². The molecule has 2 heterocycles. The van der Waals surface area contributed by atoms with Gasteiger partial charge in [-0.2, -0.15) is 0 Å². The Morgan fingerprint density at radius 1 is 1.40 bits per heavy atom. The van der Waals surface area contributed by atoms with Crippen molar-refractivity contribution >= 4 is 5.82 Å². The van der Waals surface area contributed by atoms with Crippen molar-refractivity contribution < 1.29 is 0 Å². The third kappa shape index (κ3) is 3.70. The normalized spacial score (nSPS) is 20.4. The van der Waals surface area contributed by atoms with Gasteiger partial charge < -0.3 is 10.6 Å². The molecule has 0 spiro atoms. The zero-order valence-electron chi connectivity index (χ0n) is 13.0. The first kappa shape index (κ1) is 15.3. The summed E-state index contributed by atoms with van der Waals surface area (Å²) < 4.78 is 0. The molecule has 0 radical (unpaired) electrons. The topological polar surface area (TPSA) is 45.4 Å². The first-order chi connectivity index (χ1) is 9.61. The number of piperidine rings is 1. The lowest BCUT2D eigenvalue weighted by atomic mass is 10.0. The summed E-state index contributed by atoms with van der Waals surface area (Å²) in [5.74, 6) is 1.04. The summed E-state index contributed by atoms with van der Waals surface area (Å²) in [7, 11) is 2.09. The van der Waals surface area contributed by atoms with Gasteiger partial charge in [0.25, 0.3) is 0 Å². The number of aromatic nitrogens is 1. The molecule has 1 aromatic heterocycles. The molecule has 4 heteroatoms. The van der Waals surface area contributed by atoms with Crippen molar-refractivity contribution in [3.63, 3.8) is 0 Å². The molecule has 0 bridgehead atoms. The molecule has 1 aromatic rings. The molecule has 1 atom stereocenters. The zero-order valence-corrected chi connectivity index (χ0v) is 13.0. The minimum atomic E-state index is 0.470. The van der Waals surface area contributed by atoms with Gasteiger partial charge in [0.15, 0.2) is 0 Å². The SMILES string of the molecule is CC(C)N(C)c1ccc(CN2CCCCC2CN)cn1. The van der Waals surface area contributed by atoms with Crippen LogP contribution >= 0.6 is 0 Å². The van der Waals surface area contributed by atoms with Crippen LogP contribution in [-0.4, -0.2) is 42.1 Å². The van der Waals surface area contributed by atoms with Crippen LogP contribution in [0.3, 0.4) is 0 Å². The lowest BCUT2D eigenvalue weighted by molar-refractivity contribution is 0.145. The van der Waals surface area contributed by atoms with E-state index in [4.69, 9.17) is 5.73 Å². The summed E-state index contributed by atoms with van der Waals surface area (Å²) in [6, 6.07) is 5.33. The maximum absolute atomic E-state index is 5.88. The van der Waals surface area contributed by atoms with Crippen LogP contribution in [0.4, 0.5) is 5.82 Å². The molecular formula is C16H28N4. The molecule has 0 saturated carbocycles. The summed E-state index contributed by atoms with van der Waals surface area (Å²) in [5, 5.41) is 0. The highest BCUT2D eigenvalue weighted by molar-refractivity contribution is 5.39. The Labute approximate surface area is 123 Å². The van der Waals surface area contributed by atoms with Gasteiger partial charge in [0.1, 0.15) is 5.82 Å². The van der Waals surface area contributed by atoms with Crippen LogP contribution in [0.5, 0.6) is 0 Å². The molecule has 2 N–H and O–H groups in total. The van der Waals surface area contributed by atoms with Crippen molar-refractivity contribution in [2.75, 3.05) is 25.0 Å². The van der Waals surface area contributed by atoms with E-state index in [0.717, 1.165) is 25.5 Å². The van der Waals surface area contributed by atoms with Crippen molar-refractivity contribution in [1.82, 2.24) is 9.88 Å². The Balaban J connectivity index is 1.99. The predicted molar refractivity (Wildman–Crippen MR) is 84.9 cm³/mol. The Morgan fingerprint density at radius 3 is 2.80 bits per heavy atom. The predicted octanol–water partition coefficient (Wildman–Crippen LogP) is 2.24. The third-order valence-corrected chi connectivity index (χ3v) is 4.35. The lowest BCUT2D eigenvalue weighted by Crippen LogP contribution is -2.43. The van der Waals surface area contributed by atoms with Gasteiger partial charge in [0, 0.05) is 38.4 Å². The van der Waals surface area contributed by atoms with Gasteiger partial charge in [-0.3, -0.25) is 4.90 Å². The van der Waals surface area contributed by atoms with Gasteiger partial charge in [0.05, 0.1) is 0 Å². The Bertz CT molecular complexity index is 401. The molecule has 4 nitrogen and oxygen atoms in total. The lowest BCUT2D eigenvalue weighted by Gasteiger charge is -2.35. The van der Waals surface area contributed by atoms with Crippen molar-refractivity contribution in [3.05, 3.63) is 23.9 Å². The van der Waals surface area contributed by atoms with E-state index < -0.39 is 0 Å². The molecule has 112 valence electrons. The van der Waals surface area contributed by atoms with Crippen molar-refractivity contribution in [3.8, 4) is 0 Å². The maximum Gasteiger partial charge on any atom is 0.128 e. The van der Waals surface area contributed by atoms with E-state index in [-0.39, 0.29) is 0 Å². The monoisotopic (exact) mass is 276 g/mol. The summed E-state index contributed by atoms with van der Waals surface area (Å²) in [6.45, 7) is 7.25. The molecule has 0 amide bonds. The largest absolute Gasteiger partial charge is 0.357 e. The van der Waals surface area contributed by atoms with Crippen LogP contribution in [0, 0.1) is 0 Å². The number of anilines is 1. The number of nitrogens with zero attached hydrogens (tertiary/aromatic N) is 3. The van der Waals surface area contributed by atoms with Crippen LogP contribution in [-0.2, 0) is 6.54 Å². The van der Waals surface area contributed by atoms with Crippen molar-refractivity contribution in [1.29, 1.82) is 0 Å². The summed E-state index contributed by atoms with van der Waals surface area (Å²) in [5.41, 5.74) is 7.16. The fraction of sp³-hybridized carbons (Fsp3) is 0.688. The average Bonchev–Trinajstić information content (AvgIpc) is 2.48. The Morgan fingerprint density at radius 2 is 2.20 bits per heavy atom. The minimum Gasteiger partial charge on any atom is -0.357 e. The molecule has 0 aliphatic carbocycles. The number of pyridine rings is 1. The summed E-state index contributed by atoms with van der Waals surface area (Å²) in [6.07, 6.45) is 5.85. The second kappa shape index (κ2) is 7.04. The fourth-order valence-corrected chi connectivity index (χ4v) is 2.75. The quantitative estimate of drug-likeness (QED) is 0.896. The highest BCUT2D eigenvalue weighted by Gasteiger charge is 2.21. The number of likely N-dealkylation sites (tertiary alicyclic amines) is 1. The molecule has 0 aromatic carbocycles. The summed E-state index contributed by atoms with van der Waals surface area (Å²) in [4.78, 5) is 9.28. The Hall–Kier alpha value is -1.13. The fourth-order valence-electron chi connectivity index (χ4n) is 2.75. The molecule has 2 rings (SSSR count). The van der Waals surface area contributed by atoms with Gasteiger partial charge in [-0.25, -0.2) is 4.98 Å². The van der Waals surface area contributed by atoms with Crippen molar-refractivity contribution in [2.45, 2.75) is 51.7 Å². The molecule has 1 aliphatic heterocycles. The molecule has 1 fully saturated rings. The van der Waals surface area contributed by atoms with Crippen LogP contribution in [0.2, 0.25) is 0 Å². The first-order valence-electron chi connectivity index (χ1n) is 7.73.